The molecule has 6 nitrogen and oxygen atoms in total. The van der Waals surface area contributed by atoms with E-state index in [9.17, 15) is 19.2 Å². The van der Waals surface area contributed by atoms with Crippen LogP contribution in [0.1, 0.15) is 41.4 Å². The number of cyclic esters (lactones) is 2. The molecule has 0 aromatic heterocycles. The third-order valence-electron chi connectivity index (χ3n) is 7.40. The van der Waals surface area contributed by atoms with E-state index in [1.807, 2.05) is 42.5 Å². The number of carbonyl (C=O) groups is 4. The number of hydrogen-bond acceptors (Lipinski definition) is 5. The minimum absolute atomic E-state index is 0.169. The van der Waals surface area contributed by atoms with Crippen molar-refractivity contribution in [1.82, 2.24) is 0 Å². The molecule has 0 atom stereocenters. The maximum atomic E-state index is 13.9. The molecule has 2 aliphatic heterocycles. The summed E-state index contributed by atoms with van der Waals surface area (Å²) >= 11 is 0. The average Bonchev–Trinajstić information content (AvgIpc) is 2.89. The number of benzene rings is 6. The van der Waals surface area contributed by atoms with E-state index in [-0.39, 0.29) is 22.3 Å². The summed E-state index contributed by atoms with van der Waals surface area (Å²) in [6, 6.07) is 23.9. The minimum Gasteiger partial charge on any atom is -0.386 e. The number of imide groups is 1. The lowest BCUT2D eigenvalue weighted by molar-refractivity contribution is 0.0390. The smallest absolute Gasteiger partial charge is 0.346 e. The Balaban J connectivity index is 1.43. The highest BCUT2D eigenvalue weighted by atomic mass is 16.6. The van der Waals surface area contributed by atoms with Gasteiger partial charge in [0.15, 0.2) is 0 Å². The molecule has 8 rings (SSSR count). The van der Waals surface area contributed by atoms with Gasteiger partial charge in [0.2, 0.25) is 0 Å². The molecule has 2 amide bonds. The topological polar surface area (TPSA) is 80.8 Å². The van der Waals surface area contributed by atoms with E-state index in [1.54, 1.807) is 6.07 Å². The lowest BCUT2D eigenvalue weighted by atomic mass is 9.87. The largest absolute Gasteiger partial charge is 0.386 e. The van der Waals surface area contributed by atoms with Crippen LogP contribution in [0.5, 0.6) is 0 Å². The zero-order valence-electron chi connectivity index (χ0n) is 18.5. The molecule has 0 saturated carbocycles. The van der Waals surface area contributed by atoms with Gasteiger partial charge in [-0.05, 0) is 57.3 Å². The zero-order chi connectivity index (χ0) is 24.3. The van der Waals surface area contributed by atoms with E-state index in [0.29, 0.717) is 16.5 Å². The molecule has 168 valence electrons. The molecule has 0 bridgehead atoms. The van der Waals surface area contributed by atoms with Crippen molar-refractivity contribution in [1.29, 1.82) is 0 Å². The third kappa shape index (κ3) is 2.17. The molecule has 6 aromatic carbocycles. The summed E-state index contributed by atoms with van der Waals surface area (Å²) in [6.07, 6.45) is 0. The highest BCUT2D eigenvalue weighted by Crippen LogP contribution is 2.43. The van der Waals surface area contributed by atoms with Crippen LogP contribution in [0.15, 0.2) is 78.9 Å². The lowest BCUT2D eigenvalue weighted by Gasteiger charge is -2.30. The van der Waals surface area contributed by atoms with Gasteiger partial charge in [0.25, 0.3) is 11.8 Å². The summed E-state index contributed by atoms with van der Waals surface area (Å²) in [5, 5.41) is 6.68. The van der Waals surface area contributed by atoms with Crippen LogP contribution < -0.4 is 4.90 Å². The Morgan fingerprint density at radius 1 is 0.472 bits per heavy atom. The first-order chi connectivity index (χ1) is 17.5. The van der Waals surface area contributed by atoms with Gasteiger partial charge in [0.05, 0.1) is 16.8 Å². The number of nitrogens with zero attached hydrogens (tertiary/aromatic N) is 1. The molecule has 6 aromatic rings. The van der Waals surface area contributed by atoms with Crippen molar-refractivity contribution in [3.05, 3.63) is 101 Å². The minimum atomic E-state index is -0.787. The van der Waals surface area contributed by atoms with Gasteiger partial charge in [0, 0.05) is 27.3 Å². The Labute approximate surface area is 202 Å². The molecule has 0 radical (unpaired) electrons. The van der Waals surface area contributed by atoms with Crippen LogP contribution >= 0.6 is 0 Å². The molecule has 36 heavy (non-hydrogen) atoms. The first-order valence-electron chi connectivity index (χ1n) is 11.4. The molecular weight excluding hydrogens is 454 g/mol. The van der Waals surface area contributed by atoms with Gasteiger partial charge in [-0.3, -0.25) is 9.59 Å². The van der Waals surface area contributed by atoms with Crippen molar-refractivity contribution in [3.8, 4) is 0 Å². The van der Waals surface area contributed by atoms with Crippen LogP contribution in [0.25, 0.3) is 43.1 Å². The molecule has 2 heterocycles. The number of hydrogen-bond donors (Lipinski definition) is 0. The summed E-state index contributed by atoms with van der Waals surface area (Å²) < 4.78 is 4.82. The standard InChI is InChI=1S/C30H13NO5/c32-27-18-9-11-20-26-21(30(35)36-29(20)34)12-10-19(25(18)26)28(33)31(27)22-13-7-16-5-4-14-2-1-3-15-6-8-17(22)24(16)23(14)15/h1-13H. The molecule has 0 unspecified atom stereocenters. The fourth-order valence-electron chi connectivity index (χ4n) is 5.85. The van der Waals surface area contributed by atoms with Crippen LogP contribution in [0.2, 0.25) is 0 Å². The van der Waals surface area contributed by atoms with Crippen LogP contribution in [-0.2, 0) is 4.74 Å². The van der Waals surface area contributed by atoms with Crippen LogP contribution in [0, 0.1) is 0 Å². The third-order valence-corrected chi connectivity index (χ3v) is 7.40. The van der Waals surface area contributed by atoms with Crippen LogP contribution in [0.4, 0.5) is 5.69 Å². The Kier molecular flexibility index (Phi) is 3.37. The Hall–Kier alpha value is -5.10. The van der Waals surface area contributed by atoms with Crippen molar-refractivity contribution in [2.75, 3.05) is 4.90 Å². The highest BCUT2D eigenvalue weighted by molar-refractivity contribution is 6.40. The van der Waals surface area contributed by atoms with E-state index in [4.69, 9.17) is 4.74 Å². The normalized spacial score (nSPS) is 15.1. The molecule has 0 saturated heterocycles. The first-order valence-corrected chi connectivity index (χ1v) is 11.4. The first kappa shape index (κ1) is 19.2. The maximum Gasteiger partial charge on any atom is 0.346 e. The summed E-state index contributed by atoms with van der Waals surface area (Å²) in [5.74, 6) is -2.58. The highest BCUT2D eigenvalue weighted by Gasteiger charge is 2.39. The predicted molar refractivity (Wildman–Crippen MR) is 135 cm³/mol. The number of carbonyl (C=O) groups excluding carboxylic acids is 4. The van der Waals surface area contributed by atoms with E-state index in [0.717, 1.165) is 32.3 Å². The predicted octanol–water partition coefficient (Wildman–Crippen LogP) is 5.85. The Morgan fingerprint density at radius 3 is 1.61 bits per heavy atom. The van der Waals surface area contributed by atoms with Crippen molar-refractivity contribution < 1.29 is 23.9 Å². The summed E-state index contributed by atoms with van der Waals surface area (Å²) in [6.45, 7) is 0. The maximum absolute atomic E-state index is 13.9. The summed E-state index contributed by atoms with van der Waals surface area (Å²) in [7, 11) is 0. The van der Waals surface area contributed by atoms with Gasteiger partial charge < -0.3 is 4.74 Å². The van der Waals surface area contributed by atoms with E-state index >= 15 is 0 Å². The molecular formula is C30H13NO5. The Morgan fingerprint density at radius 2 is 0.972 bits per heavy atom. The molecule has 2 aliphatic rings. The van der Waals surface area contributed by atoms with Crippen molar-refractivity contribution in [3.63, 3.8) is 0 Å². The van der Waals surface area contributed by atoms with E-state index < -0.39 is 23.8 Å². The average molecular weight is 467 g/mol. The number of esters is 2. The fraction of sp³-hybridized carbons (Fsp3) is 0. The number of ether oxygens (including phenoxy) is 1. The molecule has 0 spiro atoms. The van der Waals surface area contributed by atoms with Gasteiger partial charge in [-0.1, -0.05) is 48.5 Å². The Bertz CT molecular complexity index is 1970. The second-order valence-electron chi connectivity index (χ2n) is 9.13. The number of anilines is 1. The molecule has 0 N–H and O–H groups in total. The van der Waals surface area contributed by atoms with Crippen LogP contribution in [-0.4, -0.2) is 23.8 Å². The second kappa shape index (κ2) is 6.31. The second-order valence-corrected chi connectivity index (χ2v) is 9.13. The molecule has 0 aliphatic carbocycles. The number of rotatable bonds is 1. The van der Waals surface area contributed by atoms with Crippen molar-refractivity contribution in [2.45, 2.75) is 0 Å². The summed E-state index contributed by atoms with van der Waals surface area (Å²) in [4.78, 5) is 53.6. The van der Waals surface area contributed by atoms with Gasteiger partial charge in [-0.2, -0.15) is 0 Å². The van der Waals surface area contributed by atoms with E-state index in [1.165, 1.54) is 29.2 Å². The van der Waals surface area contributed by atoms with Gasteiger partial charge >= 0.3 is 11.9 Å². The summed E-state index contributed by atoms with van der Waals surface area (Å²) in [5.41, 5.74) is 1.35. The zero-order valence-corrected chi connectivity index (χ0v) is 18.5. The SMILES string of the molecule is O=C1OC(=O)c2ccc3c4c(ccc1c24)C(=O)N(c1ccc2ccc4cccc5ccc1c2c45)C3=O. The van der Waals surface area contributed by atoms with Crippen LogP contribution in [0.3, 0.4) is 0 Å². The fourth-order valence-corrected chi connectivity index (χ4v) is 5.85. The van der Waals surface area contributed by atoms with Gasteiger partial charge in [-0.15, -0.1) is 0 Å². The quantitative estimate of drug-likeness (QED) is 0.131. The van der Waals surface area contributed by atoms with E-state index in [2.05, 4.69) is 6.07 Å². The number of amides is 2. The van der Waals surface area contributed by atoms with Gasteiger partial charge in [0.1, 0.15) is 0 Å². The molecule has 6 heteroatoms. The van der Waals surface area contributed by atoms with Gasteiger partial charge in [-0.25, -0.2) is 14.5 Å². The van der Waals surface area contributed by atoms with Crippen molar-refractivity contribution >= 4 is 72.5 Å². The van der Waals surface area contributed by atoms with Crippen molar-refractivity contribution in [2.24, 2.45) is 0 Å². The molecule has 0 fully saturated rings. The lowest BCUT2D eigenvalue weighted by Crippen LogP contribution is -2.41. The monoisotopic (exact) mass is 467 g/mol.